The Balaban J connectivity index is 0.00000243. The van der Waals surface area contributed by atoms with Crippen LogP contribution in [0.4, 0.5) is 0 Å². The maximum Gasteiger partial charge on any atom is 0.252 e. The topological polar surface area (TPSA) is 50.4 Å². The quantitative estimate of drug-likeness (QED) is 0.838. The summed E-state index contributed by atoms with van der Waals surface area (Å²) in [6, 6.07) is 18.6. The maximum atomic E-state index is 12.8. The summed E-state index contributed by atoms with van der Waals surface area (Å²) in [6.07, 6.45) is 1.41. The first-order valence-electron chi connectivity index (χ1n) is 8.87. The van der Waals surface area contributed by atoms with Gasteiger partial charge in [-0.1, -0.05) is 54.6 Å². The summed E-state index contributed by atoms with van der Waals surface area (Å²) in [4.78, 5) is 12.8. The van der Waals surface area contributed by atoms with Gasteiger partial charge in [0.15, 0.2) is 0 Å². The molecule has 1 atom stereocenters. The molecule has 1 heterocycles. The van der Waals surface area contributed by atoms with E-state index in [1.165, 1.54) is 11.1 Å². The highest BCUT2D eigenvalue weighted by Gasteiger charge is 2.40. The number of methoxy groups -OCH3 is 1. The average molecular weight is 375 g/mol. The van der Waals surface area contributed by atoms with Gasteiger partial charge in [0.1, 0.15) is 5.60 Å². The van der Waals surface area contributed by atoms with E-state index >= 15 is 0 Å². The number of benzene rings is 2. The fourth-order valence-corrected chi connectivity index (χ4v) is 3.36. The first-order valence-corrected chi connectivity index (χ1v) is 8.87. The molecule has 2 N–H and O–H groups in total. The van der Waals surface area contributed by atoms with Crippen molar-refractivity contribution in [1.29, 1.82) is 0 Å². The highest BCUT2D eigenvalue weighted by atomic mass is 35.5. The fourth-order valence-electron chi connectivity index (χ4n) is 3.36. The number of carbonyl (C=O) groups is 1. The van der Waals surface area contributed by atoms with E-state index in [9.17, 15) is 4.79 Å². The van der Waals surface area contributed by atoms with Crippen LogP contribution in [0.5, 0.6) is 0 Å². The van der Waals surface area contributed by atoms with Crippen LogP contribution in [0.3, 0.4) is 0 Å². The van der Waals surface area contributed by atoms with Crippen molar-refractivity contribution >= 4 is 18.3 Å². The second kappa shape index (κ2) is 9.17. The molecule has 2 aromatic rings. The summed E-state index contributed by atoms with van der Waals surface area (Å²) >= 11 is 0. The third kappa shape index (κ3) is 4.44. The van der Waals surface area contributed by atoms with Crippen molar-refractivity contribution in [2.24, 2.45) is 0 Å². The van der Waals surface area contributed by atoms with Crippen molar-refractivity contribution in [3.8, 4) is 11.1 Å². The standard InChI is InChI=1S/C21H26N2O2.ClH/c1-16(23-20(24)21(25-2)12-14-22-15-13-21)17-8-10-19(11-9-17)18-6-4-3-5-7-18;/h3-11,16,22H,12-15H2,1-2H3,(H,23,24);1H. The van der Waals surface area contributed by atoms with Crippen molar-refractivity contribution in [3.05, 3.63) is 60.2 Å². The van der Waals surface area contributed by atoms with E-state index in [-0.39, 0.29) is 24.4 Å². The van der Waals surface area contributed by atoms with Crippen LogP contribution in [0.2, 0.25) is 0 Å². The van der Waals surface area contributed by atoms with Crippen LogP contribution in [0.15, 0.2) is 54.6 Å². The minimum Gasteiger partial charge on any atom is -0.368 e. The molecule has 1 fully saturated rings. The first-order chi connectivity index (χ1) is 12.1. The molecular formula is C21H27ClN2O2. The van der Waals surface area contributed by atoms with Crippen molar-refractivity contribution in [2.75, 3.05) is 20.2 Å². The minimum atomic E-state index is -0.705. The summed E-state index contributed by atoms with van der Waals surface area (Å²) in [5, 5.41) is 6.40. The molecule has 1 amide bonds. The van der Waals surface area contributed by atoms with Gasteiger partial charge >= 0.3 is 0 Å². The largest absolute Gasteiger partial charge is 0.368 e. The zero-order valence-electron chi connectivity index (χ0n) is 15.3. The Labute approximate surface area is 161 Å². The van der Waals surface area contributed by atoms with Gasteiger partial charge in [-0.05, 0) is 49.5 Å². The lowest BCUT2D eigenvalue weighted by Crippen LogP contribution is -2.54. The zero-order chi connectivity index (χ0) is 17.7. The van der Waals surface area contributed by atoms with Gasteiger partial charge < -0.3 is 15.4 Å². The Morgan fingerprint density at radius 1 is 1.04 bits per heavy atom. The van der Waals surface area contributed by atoms with Gasteiger partial charge in [-0.25, -0.2) is 0 Å². The van der Waals surface area contributed by atoms with Gasteiger partial charge in [0.05, 0.1) is 6.04 Å². The van der Waals surface area contributed by atoms with Gasteiger partial charge in [0.2, 0.25) is 0 Å². The lowest BCUT2D eigenvalue weighted by molar-refractivity contribution is -0.147. The molecule has 3 rings (SSSR count). The van der Waals surface area contributed by atoms with Crippen LogP contribution in [0.25, 0.3) is 11.1 Å². The number of rotatable bonds is 5. The highest BCUT2D eigenvalue weighted by molar-refractivity contribution is 5.86. The summed E-state index contributed by atoms with van der Waals surface area (Å²) in [6.45, 7) is 3.63. The van der Waals surface area contributed by atoms with E-state index in [1.807, 2.05) is 25.1 Å². The molecule has 0 aromatic heterocycles. The normalized spacial score (nSPS) is 17.0. The summed E-state index contributed by atoms with van der Waals surface area (Å²) in [5.41, 5.74) is 2.75. The van der Waals surface area contributed by atoms with E-state index < -0.39 is 5.60 Å². The van der Waals surface area contributed by atoms with Gasteiger partial charge in [-0.3, -0.25) is 4.79 Å². The van der Waals surface area contributed by atoms with Crippen LogP contribution < -0.4 is 10.6 Å². The Bertz CT molecular complexity index is 698. The smallest absolute Gasteiger partial charge is 0.252 e. The predicted octanol–water partition coefficient (Wildman–Crippen LogP) is 3.72. The number of hydrogen-bond donors (Lipinski definition) is 2. The van der Waals surface area contributed by atoms with Gasteiger partial charge in [-0.15, -0.1) is 12.4 Å². The van der Waals surface area contributed by atoms with Crippen LogP contribution in [0, 0.1) is 0 Å². The molecule has 0 bridgehead atoms. The molecular weight excluding hydrogens is 348 g/mol. The van der Waals surface area contributed by atoms with Crippen LogP contribution in [0.1, 0.15) is 31.4 Å². The highest BCUT2D eigenvalue weighted by Crippen LogP contribution is 2.25. The average Bonchev–Trinajstić information content (AvgIpc) is 2.69. The minimum absolute atomic E-state index is 0. The second-order valence-corrected chi connectivity index (χ2v) is 6.63. The number of piperidine rings is 1. The molecule has 0 aliphatic carbocycles. The number of carbonyl (C=O) groups excluding carboxylic acids is 1. The van der Waals surface area contributed by atoms with E-state index in [0.29, 0.717) is 12.8 Å². The molecule has 0 saturated carbocycles. The Morgan fingerprint density at radius 2 is 1.62 bits per heavy atom. The van der Waals surface area contributed by atoms with Gasteiger partial charge in [-0.2, -0.15) is 0 Å². The van der Waals surface area contributed by atoms with Crippen molar-refractivity contribution in [3.63, 3.8) is 0 Å². The lowest BCUT2D eigenvalue weighted by Gasteiger charge is -2.35. The van der Waals surface area contributed by atoms with Crippen LogP contribution in [-0.2, 0) is 9.53 Å². The molecule has 140 valence electrons. The molecule has 2 aromatic carbocycles. The van der Waals surface area contributed by atoms with E-state index in [0.717, 1.165) is 18.7 Å². The molecule has 5 heteroatoms. The van der Waals surface area contributed by atoms with E-state index in [4.69, 9.17) is 4.74 Å². The van der Waals surface area contributed by atoms with Gasteiger partial charge in [0, 0.05) is 7.11 Å². The Hall–Kier alpha value is -1.88. The van der Waals surface area contributed by atoms with Crippen molar-refractivity contribution in [2.45, 2.75) is 31.4 Å². The van der Waals surface area contributed by atoms with Gasteiger partial charge in [0.25, 0.3) is 5.91 Å². The van der Waals surface area contributed by atoms with E-state index in [1.54, 1.807) is 7.11 Å². The maximum absolute atomic E-state index is 12.8. The molecule has 0 spiro atoms. The third-order valence-corrected chi connectivity index (χ3v) is 5.08. The number of nitrogens with one attached hydrogen (secondary N) is 2. The molecule has 0 radical (unpaired) electrons. The third-order valence-electron chi connectivity index (χ3n) is 5.08. The molecule has 4 nitrogen and oxygen atoms in total. The molecule has 1 aliphatic heterocycles. The van der Waals surface area contributed by atoms with Crippen LogP contribution in [-0.4, -0.2) is 31.7 Å². The molecule has 26 heavy (non-hydrogen) atoms. The van der Waals surface area contributed by atoms with Crippen LogP contribution >= 0.6 is 12.4 Å². The number of ether oxygens (including phenoxy) is 1. The monoisotopic (exact) mass is 374 g/mol. The SMILES string of the molecule is COC1(C(=O)NC(C)c2ccc(-c3ccccc3)cc2)CCNCC1.Cl. The number of halogens is 1. The van der Waals surface area contributed by atoms with E-state index in [2.05, 4.69) is 47.0 Å². The molecule has 1 unspecified atom stereocenters. The predicted molar refractivity (Wildman–Crippen MR) is 108 cm³/mol. The summed E-state index contributed by atoms with van der Waals surface area (Å²) in [5.74, 6) is -0.0175. The number of hydrogen-bond acceptors (Lipinski definition) is 3. The lowest BCUT2D eigenvalue weighted by atomic mass is 9.90. The first kappa shape index (κ1) is 20.4. The van der Waals surface area contributed by atoms with Crippen molar-refractivity contribution in [1.82, 2.24) is 10.6 Å². The summed E-state index contributed by atoms with van der Waals surface area (Å²) < 4.78 is 5.60. The fraction of sp³-hybridized carbons (Fsp3) is 0.381. The molecule has 1 aliphatic rings. The molecule has 1 saturated heterocycles. The zero-order valence-corrected chi connectivity index (χ0v) is 16.1. The summed E-state index contributed by atoms with van der Waals surface area (Å²) in [7, 11) is 1.63. The Morgan fingerprint density at radius 3 is 2.19 bits per heavy atom. The number of amides is 1. The second-order valence-electron chi connectivity index (χ2n) is 6.63. The Kier molecular flexibility index (Phi) is 7.21. The van der Waals surface area contributed by atoms with Crippen molar-refractivity contribution < 1.29 is 9.53 Å².